The number of aryl methyl sites for hydroxylation is 1. The predicted octanol–water partition coefficient (Wildman–Crippen LogP) is 5.33. The summed E-state index contributed by atoms with van der Waals surface area (Å²) in [4.78, 5) is 25.8. The van der Waals surface area contributed by atoms with E-state index in [0.29, 0.717) is 29.1 Å². The molecule has 34 heavy (non-hydrogen) atoms. The van der Waals surface area contributed by atoms with Gasteiger partial charge in [-0.25, -0.2) is 9.59 Å². The molecule has 2 amide bonds. The van der Waals surface area contributed by atoms with Gasteiger partial charge >= 0.3 is 12.0 Å². The maximum atomic E-state index is 13.3. The van der Waals surface area contributed by atoms with Crippen molar-refractivity contribution in [2.75, 3.05) is 7.11 Å². The van der Waals surface area contributed by atoms with Crippen molar-refractivity contribution in [3.8, 4) is 5.75 Å². The molecule has 0 aliphatic carbocycles. The summed E-state index contributed by atoms with van der Waals surface area (Å²) < 4.78 is 10.9. The number of halogens is 1. The lowest BCUT2D eigenvalue weighted by atomic mass is 9.93. The van der Waals surface area contributed by atoms with Gasteiger partial charge in [0, 0.05) is 10.7 Å². The fraction of sp³-hybridized carbons (Fsp3) is 0.185. The van der Waals surface area contributed by atoms with Crippen molar-refractivity contribution in [3.63, 3.8) is 0 Å². The minimum atomic E-state index is -0.618. The largest absolute Gasteiger partial charge is 0.497 e. The highest BCUT2D eigenvalue weighted by molar-refractivity contribution is 6.30. The van der Waals surface area contributed by atoms with Gasteiger partial charge < -0.3 is 20.1 Å². The van der Waals surface area contributed by atoms with Crippen molar-refractivity contribution in [3.05, 3.63) is 112 Å². The highest BCUT2D eigenvalue weighted by Crippen LogP contribution is 2.30. The first-order chi connectivity index (χ1) is 16.5. The second-order valence-corrected chi connectivity index (χ2v) is 8.32. The zero-order chi connectivity index (χ0) is 23.9. The third-order valence-corrected chi connectivity index (χ3v) is 5.82. The van der Waals surface area contributed by atoms with Crippen LogP contribution in [0.15, 0.2) is 90.1 Å². The Labute approximate surface area is 203 Å². The summed E-state index contributed by atoms with van der Waals surface area (Å²) >= 11 is 6.05. The lowest BCUT2D eigenvalue weighted by Gasteiger charge is -2.29. The van der Waals surface area contributed by atoms with Crippen molar-refractivity contribution in [1.82, 2.24) is 10.6 Å². The van der Waals surface area contributed by atoms with Crippen LogP contribution in [-0.2, 0) is 22.6 Å². The molecular weight excluding hydrogens is 452 g/mol. The zero-order valence-corrected chi connectivity index (χ0v) is 19.5. The van der Waals surface area contributed by atoms with Crippen LogP contribution in [-0.4, -0.2) is 19.1 Å². The minimum Gasteiger partial charge on any atom is -0.497 e. The maximum absolute atomic E-state index is 13.3. The van der Waals surface area contributed by atoms with E-state index in [0.717, 1.165) is 22.4 Å². The maximum Gasteiger partial charge on any atom is 0.338 e. The monoisotopic (exact) mass is 476 g/mol. The lowest BCUT2D eigenvalue weighted by molar-refractivity contribution is -0.140. The Morgan fingerprint density at radius 3 is 2.41 bits per heavy atom. The third-order valence-electron chi connectivity index (χ3n) is 5.59. The number of methoxy groups -OCH3 is 1. The van der Waals surface area contributed by atoms with E-state index >= 15 is 0 Å². The molecule has 1 aliphatic rings. The van der Waals surface area contributed by atoms with E-state index in [4.69, 9.17) is 21.1 Å². The van der Waals surface area contributed by atoms with Gasteiger partial charge in [0.2, 0.25) is 0 Å². The fourth-order valence-corrected chi connectivity index (χ4v) is 4.08. The van der Waals surface area contributed by atoms with Gasteiger partial charge in [-0.05, 0) is 53.8 Å². The quantitative estimate of drug-likeness (QED) is 0.431. The molecule has 0 fully saturated rings. The summed E-state index contributed by atoms with van der Waals surface area (Å²) in [7, 11) is 1.62. The molecule has 7 heteroatoms. The van der Waals surface area contributed by atoms with Crippen LogP contribution in [0.2, 0.25) is 5.02 Å². The zero-order valence-electron chi connectivity index (χ0n) is 18.7. The van der Waals surface area contributed by atoms with Gasteiger partial charge in [-0.15, -0.1) is 0 Å². The molecule has 174 valence electrons. The number of carbonyl (C=O) groups excluding carboxylic acids is 2. The number of benzene rings is 3. The summed E-state index contributed by atoms with van der Waals surface area (Å²) in [6, 6.07) is 23.3. The average Bonchev–Trinajstić information content (AvgIpc) is 2.86. The lowest BCUT2D eigenvalue weighted by Crippen LogP contribution is -2.46. The number of hydrogen-bond donors (Lipinski definition) is 2. The van der Waals surface area contributed by atoms with Crippen LogP contribution in [0.5, 0.6) is 5.75 Å². The number of esters is 1. The van der Waals surface area contributed by atoms with E-state index in [1.807, 2.05) is 60.7 Å². The first kappa shape index (κ1) is 23.4. The van der Waals surface area contributed by atoms with E-state index in [1.165, 1.54) is 0 Å². The second kappa shape index (κ2) is 10.9. The molecule has 0 saturated heterocycles. The van der Waals surface area contributed by atoms with Crippen LogP contribution < -0.4 is 15.4 Å². The Kier molecular flexibility index (Phi) is 7.50. The first-order valence-corrected chi connectivity index (χ1v) is 11.3. The molecule has 1 unspecified atom stereocenters. The van der Waals surface area contributed by atoms with Crippen LogP contribution in [0.25, 0.3) is 0 Å². The third kappa shape index (κ3) is 5.77. The molecular formula is C27H25ClN2O4. The molecule has 0 bridgehead atoms. The molecule has 4 rings (SSSR count). The van der Waals surface area contributed by atoms with Crippen LogP contribution >= 0.6 is 11.6 Å². The minimum absolute atomic E-state index is 0.0735. The topological polar surface area (TPSA) is 76.7 Å². The number of amides is 2. The smallest absolute Gasteiger partial charge is 0.338 e. The molecule has 2 N–H and O–H groups in total. The Bertz CT molecular complexity index is 1190. The number of hydrogen-bond acceptors (Lipinski definition) is 4. The summed E-state index contributed by atoms with van der Waals surface area (Å²) in [5, 5.41) is 6.27. The number of rotatable bonds is 8. The molecule has 1 aliphatic heterocycles. The van der Waals surface area contributed by atoms with E-state index in [1.54, 1.807) is 25.3 Å². The summed E-state index contributed by atoms with van der Waals surface area (Å²) in [6.07, 6.45) is 1.09. The summed E-state index contributed by atoms with van der Waals surface area (Å²) in [6.45, 7) is 0.0735. The average molecular weight is 477 g/mol. The molecule has 0 radical (unpaired) electrons. The van der Waals surface area contributed by atoms with Crippen molar-refractivity contribution in [2.45, 2.75) is 25.5 Å². The van der Waals surface area contributed by atoms with Gasteiger partial charge in [-0.1, -0.05) is 66.2 Å². The van der Waals surface area contributed by atoms with Gasteiger partial charge in [0.15, 0.2) is 0 Å². The fourth-order valence-electron chi connectivity index (χ4n) is 3.87. The van der Waals surface area contributed by atoms with Gasteiger partial charge in [-0.2, -0.15) is 0 Å². The van der Waals surface area contributed by atoms with E-state index in [-0.39, 0.29) is 12.6 Å². The molecule has 0 saturated carbocycles. The highest BCUT2D eigenvalue weighted by atomic mass is 35.5. The number of ether oxygens (including phenoxy) is 2. The Morgan fingerprint density at radius 2 is 1.71 bits per heavy atom. The van der Waals surface area contributed by atoms with E-state index < -0.39 is 12.0 Å². The molecule has 6 nitrogen and oxygen atoms in total. The Hall–Kier alpha value is -3.77. The SMILES string of the molecule is COc1ccc(CCC2=C(C(=O)OCc3cccc(Cl)c3)C(c3ccccc3)NC(=O)N2)cc1. The Balaban J connectivity index is 1.61. The number of carbonyl (C=O) groups is 2. The highest BCUT2D eigenvalue weighted by Gasteiger charge is 2.33. The van der Waals surface area contributed by atoms with Crippen molar-refractivity contribution in [1.29, 1.82) is 0 Å². The van der Waals surface area contributed by atoms with Gasteiger partial charge in [0.05, 0.1) is 18.7 Å². The van der Waals surface area contributed by atoms with Gasteiger partial charge in [0.1, 0.15) is 12.4 Å². The summed E-state index contributed by atoms with van der Waals surface area (Å²) in [5.74, 6) is 0.276. The van der Waals surface area contributed by atoms with Crippen LogP contribution in [0.4, 0.5) is 4.79 Å². The van der Waals surface area contributed by atoms with Gasteiger partial charge in [-0.3, -0.25) is 0 Å². The molecule has 3 aromatic carbocycles. The van der Waals surface area contributed by atoms with Crippen molar-refractivity contribution < 1.29 is 19.1 Å². The van der Waals surface area contributed by atoms with Crippen molar-refractivity contribution >= 4 is 23.6 Å². The van der Waals surface area contributed by atoms with E-state index in [9.17, 15) is 9.59 Å². The van der Waals surface area contributed by atoms with Gasteiger partial charge in [0.25, 0.3) is 0 Å². The molecule has 0 aromatic heterocycles. The standard InChI is InChI=1S/C27H25ClN2O4/c1-33-22-13-10-18(11-14-22)12-15-23-24(26(31)34-17-19-6-5-9-21(28)16-19)25(30-27(32)29-23)20-7-3-2-4-8-20/h2-11,13-14,16,25H,12,15,17H2,1H3,(H2,29,30,32). The number of nitrogens with one attached hydrogen (secondary N) is 2. The molecule has 0 spiro atoms. The van der Waals surface area contributed by atoms with Crippen molar-refractivity contribution in [2.24, 2.45) is 0 Å². The molecule has 1 atom stereocenters. The number of allylic oxidation sites excluding steroid dienone is 1. The van der Waals surface area contributed by atoms with E-state index in [2.05, 4.69) is 10.6 Å². The summed E-state index contributed by atoms with van der Waals surface area (Å²) in [5.41, 5.74) is 3.58. The Morgan fingerprint density at radius 1 is 0.941 bits per heavy atom. The number of urea groups is 1. The van der Waals surface area contributed by atoms with Crippen LogP contribution in [0.1, 0.15) is 29.2 Å². The molecule has 1 heterocycles. The predicted molar refractivity (Wildman–Crippen MR) is 130 cm³/mol. The second-order valence-electron chi connectivity index (χ2n) is 7.89. The normalized spacial score (nSPS) is 15.4. The van der Waals surface area contributed by atoms with Crippen LogP contribution in [0.3, 0.4) is 0 Å². The molecule has 3 aromatic rings. The first-order valence-electron chi connectivity index (χ1n) is 10.9. The van der Waals surface area contributed by atoms with Crippen LogP contribution in [0, 0.1) is 0 Å².